The third kappa shape index (κ3) is 4.41. The van der Waals surface area contributed by atoms with Gasteiger partial charge in [-0.1, -0.05) is 19.1 Å². The fourth-order valence-corrected chi connectivity index (χ4v) is 2.22. The van der Waals surface area contributed by atoms with Crippen molar-refractivity contribution in [2.45, 2.75) is 26.4 Å². The molecule has 1 atom stereocenters. The minimum atomic E-state index is -0.620. The van der Waals surface area contributed by atoms with Gasteiger partial charge in [-0.15, -0.1) is 0 Å². The molecule has 0 saturated carbocycles. The third-order valence-electron chi connectivity index (χ3n) is 3.66. The molecule has 5 heteroatoms. The van der Waals surface area contributed by atoms with Crippen molar-refractivity contribution in [3.05, 3.63) is 48.0 Å². The van der Waals surface area contributed by atoms with Gasteiger partial charge in [-0.25, -0.2) is 0 Å². The lowest BCUT2D eigenvalue weighted by molar-refractivity contribution is -0.122. The molecule has 0 aliphatic carbocycles. The van der Waals surface area contributed by atoms with Crippen molar-refractivity contribution in [3.8, 4) is 17.2 Å². The fraction of sp³-hybridized carbons (Fsp3) is 0.316. The molecule has 0 spiro atoms. The number of methoxy groups -OCH3 is 2. The Hall–Kier alpha value is -2.69. The zero-order chi connectivity index (χ0) is 17.5. The molecule has 0 aliphatic rings. The lowest BCUT2D eigenvalue weighted by Gasteiger charge is -2.16. The molecule has 2 rings (SSSR count). The number of anilines is 1. The number of aryl methyl sites for hydroxylation is 1. The summed E-state index contributed by atoms with van der Waals surface area (Å²) in [6.07, 6.45) is 0.348. The van der Waals surface area contributed by atoms with Gasteiger partial charge in [-0.05, 0) is 43.2 Å². The van der Waals surface area contributed by atoms with Crippen LogP contribution in [0.1, 0.15) is 19.4 Å². The first-order valence-corrected chi connectivity index (χ1v) is 7.85. The molecule has 0 heterocycles. The van der Waals surface area contributed by atoms with E-state index in [0.717, 1.165) is 6.42 Å². The Morgan fingerprint density at radius 2 is 1.71 bits per heavy atom. The highest BCUT2D eigenvalue weighted by molar-refractivity contribution is 5.94. The van der Waals surface area contributed by atoms with Gasteiger partial charge in [0, 0.05) is 11.8 Å². The van der Waals surface area contributed by atoms with E-state index in [4.69, 9.17) is 14.2 Å². The van der Waals surface area contributed by atoms with Crippen LogP contribution in [0.4, 0.5) is 5.69 Å². The zero-order valence-corrected chi connectivity index (χ0v) is 14.5. The fourth-order valence-electron chi connectivity index (χ4n) is 2.22. The molecule has 128 valence electrons. The van der Waals surface area contributed by atoms with Crippen molar-refractivity contribution in [1.82, 2.24) is 0 Å². The van der Waals surface area contributed by atoms with E-state index < -0.39 is 6.10 Å². The Labute approximate surface area is 142 Å². The number of hydrogen-bond donors (Lipinski definition) is 1. The van der Waals surface area contributed by atoms with Crippen LogP contribution in [-0.2, 0) is 11.2 Å². The maximum Gasteiger partial charge on any atom is 0.265 e. The number of ether oxygens (including phenoxy) is 3. The van der Waals surface area contributed by atoms with Crippen molar-refractivity contribution in [2.24, 2.45) is 0 Å². The van der Waals surface area contributed by atoms with Gasteiger partial charge in [0.05, 0.1) is 14.2 Å². The molecular formula is C19H23NO4. The second-order valence-corrected chi connectivity index (χ2v) is 5.32. The molecule has 1 amide bonds. The van der Waals surface area contributed by atoms with Crippen LogP contribution >= 0.6 is 0 Å². The largest absolute Gasteiger partial charge is 0.493 e. The molecule has 2 aromatic rings. The summed E-state index contributed by atoms with van der Waals surface area (Å²) in [6, 6.07) is 12.9. The average Bonchev–Trinajstić information content (AvgIpc) is 2.62. The van der Waals surface area contributed by atoms with Gasteiger partial charge in [0.2, 0.25) is 0 Å². The van der Waals surface area contributed by atoms with E-state index in [1.165, 1.54) is 5.56 Å². The summed E-state index contributed by atoms with van der Waals surface area (Å²) in [5.41, 5.74) is 1.85. The summed E-state index contributed by atoms with van der Waals surface area (Å²) >= 11 is 0. The quantitative estimate of drug-likeness (QED) is 0.842. The predicted molar refractivity (Wildman–Crippen MR) is 94.1 cm³/mol. The molecule has 0 fully saturated rings. The Morgan fingerprint density at radius 1 is 1.04 bits per heavy atom. The van der Waals surface area contributed by atoms with Crippen LogP contribution in [0.5, 0.6) is 17.2 Å². The highest BCUT2D eigenvalue weighted by atomic mass is 16.5. The van der Waals surface area contributed by atoms with Gasteiger partial charge in [0.1, 0.15) is 5.75 Å². The molecule has 24 heavy (non-hydrogen) atoms. The standard InChI is InChI=1S/C19H23NO4/c1-5-14-6-9-16(10-7-14)24-13(2)19(21)20-15-8-11-17(22-3)18(12-15)23-4/h6-13H,5H2,1-4H3,(H,20,21). The minimum Gasteiger partial charge on any atom is -0.493 e. The molecule has 0 saturated heterocycles. The summed E-state index contributed by atoms with van der Waals surface area (Å²) in [7, 11) is 3.12. The number of carbonyl (C=O) groups is 1. The summed E-state index contributed by atoms with van der Waals surface area (Å²) in [5.74, 6) is 1.60. The molecule has 0 radical (unpaired) electrons. The second kappa shape index (κ2) is 8.24. The molecule has 2 aromatic carbocycles. The van der Waals surface area contributed by atoms with Gasteiger partial charge in [0.15, 0.2) is 17.6 Å². The minimum absolute atomic E-state index is 0.234. The average molecular weight is 329 g/mol. The van der Waals surface area contributed by atoms with Crippen molar-refractivity contribution in [2.75, 3.05) is 19.5 Å². The summed E-state index contributed by atoms with van der Waals surface area (Å²) in [5, 5.41) is 2.81. The van der Waals surface area contributed by atoms with E-state index in [1.54, 1.807) is 39.3 Å². The number of amides is 1. The Bertz CT molecular complexity index is 682. The lowest BCUT2D eigenvalue weighted by Crippen LogP contribution is -2.30. The van der Waals surface area contributed by atoms with Gasteiger partial charge >= 0.3 is 0 Å². The highest BCUT2D eigenvalue weighted by Gasteiger charge is 2.16. The van der Waals surface area contributed by atoms with Crippen LogP contribution in [0, 0.1) is 0 Å². The molecule has 1 unspecified atom stereocenters. The number of carbonyl (C=O) groups excluding carboxylic acids is 1. The van der Waals surface area contributed by atoms with E-state index in [-0.39, 0.29) is 5.91 Å². The van der Waals surface area contributed by atoms with Crippen molar-refractivity contribution in [3.63, 3.8) is 0 Å². The summed E-state index contributed by atoms with van der Waals surface area (Å²) < 4.78 is 16.1. The van der Waals surface area contributed by atoms with Crippen LogP contribution < -0.4 is 19.5 Å². The normalized spacial score (nSPS) is 11.5. The van der Waals surface area contributed by atoms with Crippen LogP contribution in [0.2, 0.25) is 0 Å². The highest BCUT2D eigenvalue weighted by Crippen LogP contribution is 2.29. The number of nitrogens with one attached hydrogen (secondary N) is 1. The van der Waals surface area contributed by atoms with E-state index in [0.29, 0.717) is 22.9 Å². The zero-order valence-electron chi connectivity index (χ0n) is 14.5. The third-order valence-corrected chi connectivity index (χ3v) is 3.66. The van der Waals surface area contributed by atoms with Gasteiger partial charge in [-0.3, -0.25) is 4.79 Å². The molecular weight excluding hydrogens is 306 g/mol. The summed E-state index contributed by atoms with van der Waals surface area (Å²) in [6.45, 7) is 3.80. The van der Waals surface area contributed by atoms with Crippen LogP contribution in [-0.4, -0.2) is 26.2 Å². The van der Waals surface area contributed by atoms with Crippen LogP contribution in [0.15, 0.2) is 42.5 Å². The van der Waals surface area contributed by atoms with Crippen molar-refractivity contribution >= 4 is 11.6 Å². The Balaban J connectivity index is 2.00. The molecule has 0 aromatic heterocycles. The smallest absolute Gasteiger partial charge is 0.265 e. The van der Waals surface area contributed by atoms with E-state index in [9.17, 15) is 4.79 Å². The van der Waals surface area contributed by atoms with Gasteiger partial charge < -0.3 is 19.5 Å². The Kier molecular flexibility index (Phi) is 6.07. The first-order chi connectivity index (χ1) is 11.6. The van der Waals surface area contributed by atoms with Gasteiger partial charge in [0.25, 0.3) is 5.91 Å². The van der Waals surface area contributed by atoms with Crippen molar-refractivity contribution in [1.29, 1.82) is 0 Å². The topological polar surface area (TPSA) is 56.8 Å². The van der Waals surface area contributed by atoms with E-state index in [2.05, 4.69) is 12.2 Å². The van der Waals surface area contributed by atoms with E-state index in [1.807, 2.05) is 24.3 Å². The molecule has 0 bridgehead atoms. The first-order valence-electron chi connectivity index (χ1n) is 7.85. The molecule has 0 aliphatic heterocycles. The first kappa shape index (κ1) is 17.7. The van der Waals surface area contributed by atoms with Crippen LogP contribution in [0.25, 0.3) is 0 Å². The number of benzene rings is 2. The lowest BCUT2D eigenvalue weighted by atomic mass is 10.2. The van der Waals surface area contributed by atoms with Crippen molar-refractivity contribution < 1.29 is 19.0 Å². The maximum absolute atomic E-state index is 12.3. The second-order valence-electron chi connectivity index (χ2n) is 5.32. The van der Waals surface area contributed by atoms with Crippen LogP contribution in [0.3, 0.4) is 0 Å². The monoisotopic (exact) mass is 329 g/mol. The van der Waals surface area contributed by atoms with E-state index >= 15 is 0 Å². The Morgan fingerprint density at radius 3 is 2.29 bits per heavy atom. The number of hydrogen-bond acceptors (Lipinski definition) is 4. The van der Waals surface area contributed by atoms with Gasteiger partial charge in [-0.2, -0.15) is 0 Å². The molecule has 5 nitrogen and oxygen atoms in total. The SMILES string of the molecule is CCc1ccc(OC(C)C(=O)Nc2ccc(OC)c(OC)c2)cc1. The summed E-state index contributed by atoms with van der Waals surface area (Å²) in [4.78, 5) is 12.3. The number of rotatable bonds is 7. The maximum atomic E-state index is 12.3. The molecule has 1 N–H and O–H groups in total. The predicted octanol–water partition coefficient (Wildman–Crippen LogP) is 3.67.